The largest absolute Gasteiger partial charge is 0.453 e. The van der Waals surface area contributed by atoms with Gasteiger partial charge in [0.2, 0.25) is 0 Å². The van der Waals surface area contributed by atoms with Crippen LogP contribution in [0.5, 0.6) is 5.75 Å². The number of ether oxygens (including phenoxy) is 2. The number of nitrogens with zero attached hydrogens (tertiary/aromatic N) is 2. The Labute approximate surface area is 198 Å². The van der Waals surface area contributed by atoms with Crippen molar-refractivity contribution in [3.63, 3.8) is 0 Å². The Morgan fingerprint density at radius 3 is 2.70 bits per heavy atom. The third kappa shape index (κ3) is 6.52. The van der Waals surface area contributed by atoms with Gasteiger partial charge in [-0.15, -0.1) is 11.3 Å². The molecule has 1 N–H and O–H groups in total. The first-order valence-electron chi connectivity index (χ1n) is 10.7. The normalized spacial score (nSPS) is 15.1. The minimum Gasteiger partial charge on any atom is -0.453 e. The fourth-order valence-corrected chi connectivity index (χ4v) is 4.50. The lowest BCUT2D eigenvalue weighted by atomic mass is 10.1. The van der Waals surface area contributed by atoms with E-state index in [1.54, 1.807) is 44.3 Å². The highest BCUT2D eigenvalue weighted by Gasteiger charge is 2.20. The number of anilines is 1. The molecule has 6 nitrogen and oxygen atoms in total. The first kappa shape index (κ1) is 24.7. The van der Waals surface area contributed by atoms with Crippen LogP contribution in [0.3, 0.4) is 0 Å². The van der Waals surface area contributed by atoms with Crippen molar-refractivity contribution in [3.8, 4) is 5.75 Å². The molecule has 0 bridgehead atoms. The summed E-state index contributed by atoms with van der Waals surface area (Å²) >= 11 is 1.55. The zero-order valence-corrected chi connectivity index (χ0v) is 20.5. The summed E-state index contributed by atoms with van der Waals surface area (Å²) in [5.74, 6) is -0.0750. The Kier molecular flexibility index (Phi) is 7.71. The van der Waals surface area contributed by atoms with E-state index in [4.69, 9.17) is 9.47 Å². The van der Waals surface area contributed by atoms with E-state index in [1.807, 2.05) is 13.0 Å². The van der Waals surface area contributed by atoms with Crippen LogP contribution in [0, 0.1) is 5.82 Å². The van der Waals surface area contributed by atoms with E-state index in [0.717, 1.165) is 29.3 Å². The Balaban J connectivity index is 1.79. The number of nitrogens with one attached hydrogen (secondary N) is 1. The standard InChI is InChI=1S/C25H30FN3O3S/c1-7-20(23-19(27-5)14-22(33-23)16-9-8-12-29(6)15-16)31-21-11-10-17(13-18(21)26)28-24(30)32-25(2,3)4/h7,9-11,13-14H,5,8,12,15H2,1-4,6H3,(H,28,30)/b20-7+. The van der Waals surface area contributed by atoms with E-state index < -0.39 is 17.5 Å². The molecule has 1 amide bonds. The topological polar surface area (TPSA) is 63.2 Å². The van der Waals surface area contributed by atoms with Gasteiger partial charge in [-0.1, -0.05) is 6.08 Å². The molecule has 0 radical (unpaired) electrons. The number of allylic oxidation sites excluding steroid dienone is 1. The lowest BCUT2D eigenvalue weighted by molar-refractivity contribution is 0.0636. The summed E-state index contributed by atoms with van der Waals surface area (Å²) in [4.78, 5) is 20.2. The second-order valence-electron chi connectivity index (χ2n) is 8.77. The van der Waals surface area contributed by atoms with Crippen LogP contribution in [0.2, 0.25) is 0 Å². The van der Waals surface area contributed by atoms with Gasteiger partial charge < -0.3 is 14.4 Å². The molecule has 1 aliphatic rings. The Morgan fingerprint density at radius 2 is 2.09 bits per heavy atom. The molecule has 0 unspecified atom stereocenters. The smallest absolute Gasteiger partial charge is 0.412 e. The summed E-state index contributed by atoms with van der Waals surface area (Å²) in [6.45, 7) is 12.7. The molecule has 8 heteroatoms. The molecule has 2 aromatic rings. The Bertz CT molecular complexity index is 1100. The third-order valence-corrected chi connectivity index (χ3v) is 6.04. The number of aliphatic imine (C=N–C) groups is 1. The maximum atomic E-state index is 14.8. The van der Waals surface area contributed by atoms with Crippen molar-refractivity contribution in [2.45, 2.75) is 39.7 Å². The van der Waals surface area contributed by atoms with E-state index in [1.165, 1.54) is 17.7 Å². The minimum absolute atomic E-state index is 0.0411. The number of likely N-dealkylation sites (N-methyl/N-ethyl adjacent to an activating group) is 1. The van der Waals surface area contributed by atoms with Crippen molar-refractivity contribution in [3.05, 3.63) is 52.0 Å². The third-order valence-electron chi connectivity index (χ3n) is 4.82. The number of hydrogen-bond acceptors (Lipinski definition) is 6. The van der Waals surface area contributed by atoms with Crippen LogP contribution in [0.15, 0.2) is 41.4 Å². The van der Waals surface area contributed by atoms with E-state index in [-0.39, 0.29) is 11.4 Å². The van der Waals surface area contributed by atoms with Crippen LogP contribution in [0.1, 0.15) is 43.9 Å². The maximum Gasteiger partial charge on any atom is 0.412 e. The molecule has 33 heavy (non-hydrogen) atoms. The second-order valence-corrected chi connectivity index (χ2v) is 9.82. The predicted molar refractivity (Wildman–Crippen MR) is 134 cm³/mol. The summed E-state index contributed by atoms with van der Waals surface area (Å²) < 4.78 is 25.9. The Morgan fingerprint density at radius 1 is 1.33 bits per heavy atom. The molecular formula is C25H30FN3O3S. The number of carbonyl (C=O) groups is 1. The fourth-order valence-electron chi connectivity index (χ4n) is 3.34. The van der Waals surface area contributed by atoms with E-state index in [0.29, 0.717) is 11.4 Å². The van der Waals surface area contributed by atoms with Crippen LogP contribution in [0.4, 0.5) is 20.6 Å². The van der Waals surface area contributed by atoms with Gasteiger partial charge in [0.05, 0.1) is 10.6 Å². The second kappa shape index (κ2) is 10.3. The van der Waals surface area contributed by atoms with E-state index >= 15 is 0 Å². The highest BCUT2D eigenvalue weighted by molar-refractivity contribution is 7.14. The first-order chi connectivity index (χ1) is 15.6. The summed E-state index contributed by atoms with van der Waals surface area (Å²) in [6, 6.07) is 6.22. The summed E-state index contributed by atoms with van der Waals surface area (Å²) in [5.41, 5.74) is 1.56. The minimum atomic E-state index is -0.653. The van der Waals surface area contributed by atoms with Crippen molar-refractivity contribution in [2.75, 3.05) is 25.5 Å². The van der Waals surface area contributed by atoms with Crippen molar-refractivity contribution >= 4 is 46.9 Å². The maximum absolute atomic E-state index is 14.8. The number of rotatable bonds is 6. The monoisotopic (exact) mass is 471 g/mol. The summed E-state index contributed by atoms with van der Waals surface area (Å²) in [5, 5.41) is 2.52. The molecule has 0 fully saturated rings. The average Bonchev–Trinajstić information content (AvgIpc) is 3.16. The molecule has 1 aliphatic heterocycles. The van der Waals surface area contributed by atoms with Crippen LogP contribution in [0.25, 0.3) is 11.3 Å². The molecule has 1 aromatic heterocycles. The molecule has 0 aliphatic carbocycles. The van der Waals surface area contributed by atoms with Crippen LogP contribution in [-0.4, -0.2) is 43.4 Å². The van der Waals surface area contributed by atoms with E-state index in [2.05, 4.69) is 35.1 Å². The Hall–Kier alpha value is -2.97. The zero-order valence-electron chi connectivity index (χ0n) is 19.7. The number of carbonyl (C=O) groups excluding carboxylic acids is 1. The highest BCUT2D eigenvalue weighted by Crippen LogP contribution is 2.40. The van der Waals surface area contributed by atoms with Crippen LogP contribution in [-0.2, 0) is 4.74 Å². The van der Waals surface area contributed by atoms with E-state index in [9.17, 15) is 9.18 Å². The van der Waals surface area contributed by atoms with Crippen molar-refractivity contribution in [2.24, 2.45) is 4.99 Å². The van der Waals surface area contributed by atoms with Gasteiger partial charge in [0, 0.05) is 29.7 Å². The molecular weight excluding hydrogens is 441 g/mol. The van der Waals surface area contributed by atoms with Crippen molar-refractivity contribution < 1.29 is 18.7 Å². The van der Waals surface area contributed by atoms with Gasteiger partial charge in [0.15, 0.2) is 11.6 Å². The molecule has 0 atom stereocenters. The lowest BCUT2D eigenvalue weighted by Crippen LogP contribution is -2.27. The molecule has 2 heterocycles. The van der Waals surface area contributed by atoms with Gasteiger partial charge in [0.1, 0.15) is 11.4 Å². The van der Waals surface area contributed by atoms with Gasteiger partial charge in [0.25, 0.3) is 0 Å². The molecule has 0 spiro atoms. The molecule has 0 saturated heterocycles. The number of halogens is 1. The summed E-state index contributed by atoms with van der Waals surface area (Å²) in [7, 11) is 2.10. The number of benzene rings is 1. The summed E-state index contributed by atoms with van der Waals surface area (Å²) in [6.07, 6.45) is 4.37. The quantitative estimate of drug-likeness (QED) is 0.375. The average molecular weight is 472 g/mol. The fraction of sp³-hybridized carbons (Fsp3) is 0.360. The molecule has 1 aromatic carbocycles. The SMILES string of the molecule is C=Nc1cc(C2=CCCN(C)C2)sc1/C(=C\C)Oc1ccc(NC(=O)OC(C)(C)C)cc1F. The predicted octanol–water partition coefficient (Wildman–Crippen LogP) is 6.73. The van der Waals surface area contributed by atoms with Gasteiger partial charge in [-0.3, -0.25) is 10.3 Å². The number of thiophene rings is 1. The van der Waals surface area contributed by atoms with Crippen molar-refractivity contribution in [1.82, 2.24) is 4.90 Å². The highest BCUT2D eigenvalue weighted by atomic mass is 32.1. The van der Waals surface area contributed by atoms with Crippen molar-refractivity contribution in [1.29, 1.82) is 0 Å². The lowest BCUT2D eigenvalue weighted by Gasteiger charge is -2.22. The van der Waals surface area contributed by atoms with Gasteiger partial charge in [-0.2, -0.15) is 0 Å². The molecule has 0 saturated carbocycles. The van der Waals surface area contributed by atoms with Crippen LogP contribution < -0.4 is 10.1 Å². The number of hydrogen-bond donors (Lipinski definition) is 1. The van der Waals surface area contributed by atoms with Gasteiger partial charge in [-0.25, -0.2) is 9.18 Å². The number of amides is 1. The van der Waals surface area contributed by atoms with Gasteiger partial charge in [-0.05, 0) is 77.7 Å². The molecule has 3 rings (SSSR count). The zero-order chi connectivity index (χ0) is 24.2. The first-order valence-corrected chi connectivity index (χ1v) is 11.5. The van der Waals surface area contributed by atoms with Gasteiger partial charge >= 0.3 is 6.09 Å². The van der Waals surface area contributed by atoms with Crippen LogP contribution >= 0.6 is 11.3 Å². The molecule has 176 valence electrons.